The summed E-state index contributed by atoms with van der Waals surface area (Å²) in [6.07, 6.45) is 0.106. The molecule has 6 rings (SSSR count). The molecular formula is C22H18N2O6. The summed E-state index contributed by atoms with van der Waals surface area (Å²) in [7, 11) is 0. The lowest BCUT2D eigenvalue weighted by molar-refractivity contribution is -0.172. The van der Waals surface area contributed by atoms with Crippen molar-refractivity contribution in [3.8, 4) is 22.9 Å². The van der Waals surface area contributed by atoms with E-state index >= 15 is 0 Å². The molecule has 0 saturated heterocycles. The first-order valence-corrected chi connectivity index (χ1v) is 9.91. The summed E-state index contributed by atoms with van der Waals surface area (Å²) in [4.78, 5) is 30.4. The first-order chi connectivity index (χ1) is 14.5. The molecule has 3 aromatic rings. The minimum Gasteiger partial charge on any atom is -0.489 e. The summed E-state index contributed by atoms with van der Waals surface area (Å²) < 4.78 is 18.6. The number of fused-ring (bicyclic) bond motifs is 5. The van der Waals surface area contributed by atoms with E-state index in [1.807, 2.05) is 18.2 Å². The van der Waals surface area contributed by atoms with Crippen molar-refractivity contribution in [1.82, 2.24) is 9.55 Å². The number of ether oxygens (including phenoxy) is 3. The van der Waals surface area contributed by atoms with Gasteiger partial charge in [0.05, 0.1) is 34.4 Å². The smallest absolute Gasteiger partial charge is 0.343 e. The van der Waals surface area contributed by atoms with Gasteiger partial charge in [-0.05, 0) is 24.6 Å². The van der Waals surface area contributed by atoms with Gasteiger partial charge in [0, 0.05) is 11.1 Å². The Labute approximate surface area is 170 Å². The van der Waals surface area contributed by atoms with Crippen LogP contribution in [0.25, 0.3) is 22.3 Å². The monoisotopic (exact) mass is 406 g/mol. The number of hydrogen-bond donors (Lipinski definition) is 1. The van der Waals surface area contributed by atoms with Crippen LogP contribution in [0.4, 0.5) is 0 Å². The largest absolute Gasteiger partial charge is 0.489 e. The van der Waals surface area contributed by atoms with Gasteiger partial charge in [0.15, 0.2) is 5.60 Å². The molecule has 0 bridgehead atoms. The van der Waals surface area contributed by atoms with Crippen molar-refractivity contribution in [3.63, 3.8) is 0 Å². The van der Waals surface area contributed by atoms with E-state index in [0.717, 1.165) is 10.9 Å². The number of aromatic nitrogens is 2. The zero-order valence-electron chi connectivity index (χ0n) is 16.2. The van der Waals surface area contributed by atoms with Crippen molar-refractivity contribution < 1.29 is 24.1 Å². The Morgan fingerprint density at radius 1 is 1.17 bits per heavy atom. The van der Waals surface area contributed by atoms with Gasteiger partial charge in [-0.2, -0.15) is 0 Å². The predicted octanol–water partition coefficient (Wildman–Crippen LogP) is 1.85. The van der Waals surface area contributed by atoms with E-state index in [9.17, 15) is 14.7 Å². The van der Waals surface area contributed by atoms with Crippen LogP contribution in [0, 0.1) is 0 Å². The number of hydrogen-bond acceptors (Lipinski definition) is 7. The Balaban J connectivity index is 1.67. The minimum atomic E-state index is -1.84. The maximum atomic E-state index is 13.3. The van der Waals surface area contributed by atoms with Crippen LogP contribution in [0.15, 0.2) is 29.1 Å². The van der Waals surface area contributed by atoms with Crippen LogP contribution in [0.2, 0.25) is 0 Å². The van der Waals surface area contributed by atoms with E-state index in [2.05, 4.69) is 0 Å². The molecule has 1 N–H and O–H groups in total. The van der Waals surface area contributed by atoms with Gasteiger partial charge in [-0.15, -0.1) is 0 Å². The third-order valence-corrected chi connectivity index (χ3v) is 6.21. The molecule has 30 heavy (non-hydrogen) atoms. The van der Waals surface area contributed by atoms with Crippen molar-refractivity contribution in [2.24, 2.45) is 0 Å². The summed E-state index contributed by atoms with van der Waals surface area (Å²) in [6, 6.07) is 7.33. The van der Waals surface area contributed by atoms with E-state index in [1.54, 1.807) is 17.6 Å². The molecule has 5 heterocycles. The standard InChI is InChI=1S/C22H18N2O6/c1-2-22(27)13-8-15-18-11(9-24(15)20(25)12(13)10-30-21(22)26)19-17-14(23-18)4-3-5-16(17)28-6-7-29-19/h3-5,8,27H,2,6-7,9-10H2,1H3/t22-/m0/s1. The molecule has 152 valence electrons. The molecule has 1 atom stereocenters. The van der Waals surface area contributed by atoms with Crippen molar-refractivity contribution >= 4 is 16.9 Å². The Morgan fingerprint density at radius 3 is 2.83 bits per heavy atom. The van der Waals surface area contributed by atoms with Gasteiger partial charge in [-0.25, -0.2) is 9.78 Å². The summed E-state index contributed by atoms with van der Waals surface area (Å²) in [6.45, 7) is 2.64. The molecular weight excluding hydrogens is 388 g/mol. The predicted molar refractivity (Wildman–Crippen MR) is 106 cm³/mol. The second-order valence-electron chi connectivity index (χ2n) is 7.72. The molecule has 0 spiro atoms. The van der Waals surface area contributed by atoms with Crippen molar-refractivity contribution in [2.75, 3.05) is 13.2 Å². The highest BCUT2D eigenvalue weighted by Crippen LogP contribution is 2.45. The van der Waals surface area contributed by atoms with Gasteiger partial charge in [-0.3, -0.25) is 4.79 Å². The number of carbonyl (C=O) groups excluding carboxylic acids is 1. The van der Waals surface area contributed by atoms with Crippen molar-refractivity contribution in [3.05, 3.63) is 51.3 Å². The van der Waals surface area contributed by atoms with Crippen LogP contribution in [0.1, 0.15) is 30.0 Å². The van der Waals surface area contributed by atoms with Crippen LogP contribution >= 0.6 is 0 Å². The number of esters is 1. The zero-order valence-corrected chi connectivity index (χ0v) is 16.2. The molecule has 3 aliphatic heterocycles. The third kappa shape index (κ3) is 2.06. The number of rotatable bonds is 1. The van der Waals surface area contributed by atoms with Crippen molar-refractivity contribution in [2.45, 2.75) is 32.1 Å². The Bertz CT molecular complexity index is 1330. The average Bonchev–Trinajstić information content (AvgIpc) is 2.97. The normalized spacial score (nSPS) is 21.1. The number of aliphatic hydroxyl groups is 1. The molecule has 0 aliphatic carbocycles. The van der Waals surface area contributed by atoms with Gasteiger partial charge >= 0.3 is 5.97 Å². The van der Waals surface area contributed by atoms with Crippen molar-refractivity contribution in [1.29, 1.82) is 0 Å². The fourth-order valence-corrected chi connectivity index (χ4v) is 4.63. The molecule has 0 saturated carbocycles. The maximum absolute atomic E-state index is 13.3. The highest BCUT2D eigenvalue weighted by atomic mass is 16.6. The zero-order chi connectivity index (χ0) is 20.6. The summed E-state index contributed by atoms with van der Waals surface area (Å²) in [5, 5.41) is 11.8. The lowest BCUT2D eigenvalue weighted by Crippen LogP contribution is -2.44. The molecule has 0 fully saturated rings. The molecule has 2 aromatic heterocycles. The first kappa shape index (κ1) is 17.5. The molecule has 8 nitrogen and oxygen atoms in total. The first-order valence-electron chi connectivity index (χ1n) is 9.91. The average molecular weight is 406 g/mol. The number of pyridine rings is 2. The van der Waals surface area contributed by atoms with E-state index in [-0.39, 0.29) is 18.6 Å². The van der Waals surface area contributed by atoms with E-state index in [1.165, 1.54) is 0 Å². The Morgan fingerprint density at radius 2 is 2.00 bits per heavy atom. The summed E-state index contributed by atoms with van der Waals surface area (Å²) in [5.74, 6) is 0.641. The van der Waals surface area contributed by atoms with Crippen LogP contribution in [-0.2, 0) is 28.3 Å². The molecule has 3 aliphatic rings. The van der Waals surface area contributed by atoms with Gasteiger partial charge in [-0.1, -0.05) is 13.0 Å². The quantitative estimate of drug-likeness (QED) is 0.482. The third-order valence-electron chi connectivity index (χ3n) is 6.21. The number of nitrogens with zero attached hydrogens (tertiary/aromatic N) is 2. The highest BCUT2D eigenvalue weighted by molar-refractivity contribution is 5.96. The number of carbonyl (C=O) groups is 1. The second kappa shape index (κ2) is 5.82. The number of cyclic esters (lactones) is 1. The van der Waals surface area contributed by atoms with Gasteiger partial charge < -0.3 is 23.9 Å². The lowest BCUT2D eigenvalue weighted by atomic mass is 9.86. The maximum Gasteiger partial charge on any atom is 0.343 e. The van der Waals surface area contributed by atoms with E-state index in [0.29, 0.717) is 59.3 Å². The minimum absolute atomic E-state index is 0.106. The van der Waals surface area contributed by atoms with Gasteiger partial charge in [0.1, 0.15) is 31.3 Å². The lowest BCUT2D eigenvalue weighted by Gasteiger charge is -2.31. The second-order valence-corrected chi connectivity index (χ2v) is 7.72. The topological polar surface area (TPSA) is 99.9 Å². The van der Waals surface area contributed by atoms with Crippen LogP contribution < -0.4 is 15.0 Å². The molecule has 0 amide bonds. The molecule has 1 aromatic carbocycles. The SMILES string of the molecule is CC[C@@]1(O)C(=O)OCc2c1cc1n(c2=O)Cc2c-1nc1cccc3c1c2OCCO3. The fraction of sp³-hybridized carbons (Fsp3) is 0.318. The van der Waals surface area contributed by atoms with Crippen LogP contribution in [-0.4, -0.2) is 33.8 Å². The molecule has 8 heteroatoms. The van der Waals surface area contributed by atoms with E-state index < -0.39 is 11.6 Å². The molecule has 0 radical (unpaired) electrons. The van der Waals surface area contributed by atoms with E-state index in [4.69, 9.17) is 19.2 Å². The fourth-order valence-electron chi connectivity index (χ4n) is 4.63. The van der Waals surface area contributed by atoms with Gasteiger partial charge in [0.2, 0.25) is 0 Å². The molecule has 0 unspecified atom stereocenters. The Hall–Kier alpha value is -3.39. The highest BCUT2D eigenvalue weighted by Gasteiger charge is 2.45. The summed E-state index contributed by atoms with van der Waals surface area (Å²) in [5.41, 5.74) is 1.15. The van der Waals surface area contributed by atoms with Gasteiger partial charge in [0.25, 0.3) is 5.56 Å². The summed E-state index contributed by atoms with van der Waals surface area (Å²) >= 11 is 0. The number of benzene rings is 1. The van der Waals surface area contributed by atoms with Crippen LogP contribution in [0.5, 0.6) is 11.5 Å². The Kier molecular flexibility index (Phi) is 3.39. The van der Waals surface area contributed by atoms with Crippen LogP contribution in [0.3, 0.4) is 0 Å².